The third-order valence-electron chi connectivity index (χ3n) is 4.77. The molecule has 0 aromatic heterocycles. The number of primary amides is 1. The molecule has 0 aromatic carbocycles. The van der Waals surface area contributed by atoms with Crippen molar-refractivity contribution in [3.63, 3.8) is 0 Å². The molecule has 0 rings (SSSR count). The lowest BCUT2D eigenvalue weighted by molar-refractivity contribution is -0.147. The third-order valence-corrected chi connectivity index (χ3v) is 5.57. The summed E-state index contributed by atoms with van der Waals surface area (Å²) in [4.78, 5) is 36.7. The molecule has 9 heteroatoms. The van der Waals surface area contributed by atoms with E-state index in [0.29, 0.717) is 6.42 Å². The zero-order valence-electron chi connectivity index (χ0n) is 18.6. The van der Waals surface area contributed by atoms with E-state index in [1.54, 1.807) is 0 Å². The van der Waals surface area contributed by atoms with Crippen LogP contribution in [0.2, 0.25) is 0 Å². The van der Waals surface area contributed by atoms with Crippen LogP contribution in [-0.2, 0) is 14.2 Å². The summed E-state index contributed by atoms with van der Waals surface area (Å²) in [6.45, 7) is 2.26. The molecule has 30 heavy (non-hydrogen) atoms. The summed E-state index contributed by atoms with van der Waals surface area (Å²) >= 11 is 0. The van der Waals surface area contributed by atoms with Crippen LogP contribution in [0.25, 0.3) is 0 Å². The molecular weight excluding hydrogens is 409 g/mol. The maximum Gasteiger partial charge on any atom is 0.332 e. The first-order valence-electron chi connectivity index (χ1n) is 11.3. The molecule has 0 saturated heterocycles. The highest BCUT2D eigenvalue weighted by atomic mass is 31.2. The minimum Gasteiger partial charge on any atom is -0.479 e. The van der Waals surface area contributed by atoms with Crippen LogP contribution < -0.4 is 5.73 Å². The van der Waals surface area contributed by atoms with Gasteiger partial charge in [-0.1, -0.05) is 96.8 Å². The molecule has 8 nitrogen and oxygen atoms in total. The summed E-state index contributed by atoms with van der Waals surface area (Å²) in [7, 11) is -4.02. The Morgan fingerprint density at radius 1 is 0.800 bits per heavy atom. The van der Waals surface area contributed by atoms with Crippen LogP contribution >= 0.6 is 7.60 Å². The number of carbonyl (C=O) groups excluding carboxylic acids is 1. The number of unbranched alkanes of at least 4 members (excludes halogenated alkanes) is 13. The fourth-order valence-corrected chi connectivity index (χ4v) is 3.42. The van der Waals surface area contributed by atoms with Crippen LogP contribution in [-0.4, -0.2) is 44.1 Å². The molecule has 0 aliphatic rings. The monoisotopic (exact) mass is 453 g/mol. The van der Waals surface area contributed by atoms with Crippen LogP contribution in [0.3, 0.4) is 0 Å². The standard InChI is InChI=1S/C18H36O3.C3H8NO4P/c1-2-3-4-5-6-7-8-9-10-11-12-13-14-15-16-17(19)18(20)21;4-3(5)1-2-9(6,7)8/h17,19H,2-16H2,1H3,(H,20,21);1-2H2,(H2,4,5)(H2,6,7,8). The molecule has 0 radical (unpaired) electrons. The second kappa shape index (κ2) is 21.3. The smallest absolute Gasteiger partial charge is 0.332 e. The zero-order valence-corrected chi connectivity index (χ0v) is 19.5. The van der Waals surface area contributed by atoms with E-state index in [-0.39, 0.29) is 6.42 Å². The fraction of sp³-hybridized carbons (Fsp3) is 0.905. The number of nitrogens with two attached hydrogens (primary N) is 1. The van der Waals surface area contributed by atoms with Crippen molar-refractivity contribution in [2.45, 2.75) is 116 Å². The minimum absolute atomic E-state index is 0.260. The van der Waals surface area contributed by atoms with Crippen molar-refractivity contribution in [3.8, 4) is 0 Å². The van der Waals surface area contributed by atoms with Gasteiger partial charge in [0, 0.05) is 6.42 Å². The first kappa shape index (κ1) is 31.2. The highest BCUT2D eigenvalue weighted by Crippen LogP contribution is 2.34. The third kappa shape index (κ3) is 29.3. The van der Waals surface area contributed by atoms with Crippen LogP contribution in [0.5, 0.6) is 0 Å². The fourth-order valence-electron chi connectivity index (χ4n) is 2.91. The Morgan fingerprint density at radius 3 is 1.43 bits per heavy atom. The van der Waals surface area contributed by atoms with Crippen LogP contribution in [0.15, 0.2) is 0 Å². The molecular formula is C21H44NO7P. The van der Waals surface area contributed by atoms with Crippen molar-refractivity contribution >= 4 is 19.5 Å². The van der Waals surface area contributed by atoms with Gasteiger partial charge >= 0.3 is 13.6 Å². The zero-order chi connectivity index (χ0) is 23.3. The van der Waals surface area contributed by atoms with Gasteiger partial charge in [0.1, 0.15) is 0 Å². The molecule has 0 fully saturated rings. The van der Waals surface area contributed by atoms with Gasteiger partial charge < -0.3 is 25.7 Å². The molecule has 0 aliphatic carbocycles. The maximum absolute atomic E-state index is 10.4. The molecule has 180 valence electrons. The number of carboxylic acids is 1. The largest absolute Gasteiger partial charge is 0.479 e. The van der Waals surface area contributed by atoms with Gasteiger partial charge in [0.05, 0.1) is 6.16 Å². The molecule has 0 aromatic rings. The Morgan fingerprint density at radius 2 is 1.17 bits per heavy atom. The second-order valence-corrected chi connectivity index (χ2v) is 9.62. The first-order chi connectivity index (χ1) is 14.1. The predicted octanol–water partition coefficient (Wildman–Crippen LogP) is 4.34. The van der Waals surface area contributed by atoms with E-state index in [9.17, 15) is 14.2 Å². The Kier molecular flexibility index (Phi) is 22.2. The number of carbonyl (C=O) groups is 2. The van der Waals surface area contributed by atoms with E-state index in [2.05, 4.69) is 12.7 Å². The van der Waals surface area contributed by atoms with Gasteiger partial charge in [-0.15, -0.1) is 0 Å². The highest BCUT2D eigenvalue weighted by molar-refractivity contribution is 7.51. The Labute approximate surface area is 181 Å². The average molecular weight is 454 g/mol. The summed E-state index contributed by atoms with van der Waals surface area (Å²) in [6.07, 6.45) is 16.6. The molecule has 1 atom stereocenters. The maximum atomic E-state index is 10.4. The summed E-state index contributed by atoms with van der Waals surface area (Å²) in [5, 5.41) is 17.7. The van der Waals surface area contributed by atoms with Gasteiger partial charge in [-0.25, -0.2) is 4.79 Å². The van der Waals surface area contributed by atoms with Crippen LogP contribution in [0.1, 0.15) is 110 Å². The summed E-state index contributed by atoms with van der Waals surface area (Å²) in [5.74, 6) is -1.79. The SMILES string of the molecule is CCCCCCCCCCCCCCCCC(O)C(=O)O.NC(=O)CCP(=O)(O)O. The van der Waals surface area contributed by atoms with Gasteiger partial charge in [0.2, 0.25) is 5.91 Å². The van der Waals surface area contributed by atoms with E-state index in [4.69, 9.17) is 20.0 Å². The molecule has 0 heterocycles. The lowest BCUT2D eigenvalue weighted by Crippen LogP contribution is -2.18. The van der Waals surface area contributed by atoms with Gasteiger partial charge in [-0.2, -0.15) is 0 Å². The Bertz CT molecular complexity index is 468. The number of aliphatic hydroxyl groups excluding tert-OH is 1. The predicted molar refractivity (Wildman–Crippen MR) is 119 cm³/mol. The number of hydrogen-bond acceptors (Lipinski definition) is 4. The van der Waals surface area contributed by atoms with E-state index in [1.165, 1.54) is 77.0 Å². The van der Waals surface area contributed by atoms with Crippen molar-refractivity contribution in [2.75, 3.05) is 6.16 Å². The van der Waals surface area contributed by atoms with E-state index < -0.39 is 31.7 Å². The number of amides is 1. The number of carboxylic acid groups (broad SMARTS) is 1. The first-order valence-corrected chi connectivity index (χ1v) is 13.1. The van der Waals surface area contributed by atoms with Crippen LogP contribution in [0.4, 0.5) is 0 Å². The lowest BCUT2D eigenvalue weighted by Gasteiger charge is -2.05. The van der Waals surface area contributed by atoms with Crippen molar-refractivity contribution in [1.29, 1.82) is 0 Å². The number of aliphatic hydroxyl groups is 1. The van der Waals surface area contributed by atoms with E-state index in [1.807, 2.05) is 0 Å². The normalized spacial score (nSPS) is 12.1. The Hall–Kier alpha value is -0.950. The van der Waals surface area contributed by atoms with E-state index in [0.717, 1.165) is 12.8 Å². The van der Waals surface area contributed by atoms with Crippen molar-refractivity contribution in [3.05, 3.63) is 0 Å². The number of rotatable bonds is 19. The molecule has 0 bridgehead atoms. The molecule has 1 amide bonds. The summed E-state index contributed by atoms with van der Waals surface area (Å²) in [6, 6.07) is 0. The van der Waals surface area contributed by atoms with Gasteiger partial charge in [0.15, 0.2) is 6.10 Å². The quantitative estimate of drug-likeness (QED) is 0.144. The molecule has 0 spiro atoms. The highest BCUT2D eigenvalue weighted by Gasteiger charge is 2.13. The van der Waals surface area contributed by atoms with Crippen molar-refractivity contribution in [2.24, 2.45) is 5.73 Å². The lowest BCUT2D eigenvalue weighted by atomic mass is 10.0. The van der Waals surface area contributed by atoms with Crippen molar-refractivity contribution in [1.82, 2.24) is 0 Å². The average Bonchev–Trinajstić information content (AvgIpc) is 2.66. The molecule has 0 saturated carbocycles. The van der Waals surface area contributed by atoms with Crippen molar-refractivity contribution < 1.29 is 34.2 Å². The minimum atomic E-state index is -4.02. The van der Waals surface area contributed by atoms with Gasteiger partial charge in [-0.3, -0.25) is 9.36 Å². The number of aliphatic carboxylic acids is 1. The van der Waals surface area contributed by atoms with Crippen LogP contribution in [0, 0.1) is 0 Å². The van der Waals surface area contributed by atoms with Gasteiger partial charge in [-0.05, 0) is 6.42 Å². The molecule has 0 aliphatic heterocycles. The Balaban J connectivity index is 0. The summed E-state index contributed by atoms with van der Waals surface area (Å²) < 4.78 is 10.0. The topological polar surface area (TPSA) is 158 Å². The van der Waals surface area contributed by atoms with Gasteiger partial charge in [0.25, 0.3) is 0 Å². The molecule has 1 unspecified atom stereocenters. The van der Waals surface area contributed by atoms with E-state index >= 15 is 0 Å². The summed E-state index contributed by atoms with van der Waals surface area (Å²) in [5.41, 5.74) is 4.62. The number of hydrogen-bond donors (Lipinski definition) is 5. The second-order valence-electron chi connectivity index (χ2n) is 7.84. The molecule has 6 N–H and O–H groups in total.